The van der Waals surface area contributed by atoms with Crippen LogP contribution < -0.4 is 5.32 Å². The highest BCUT2D eigenvalue weighted by Crippen LogP contribution is 2.25. The number of rotatable bonds is 5. The second-order valence-electron chi connectivity index (χ2n) is 5.44. The molecular weight excluding hydrogens is 280 g/mol. The summed E-state index contributed by atoms with van der Waals surface area (Å²) in [5, 5.41) is 21.7. The third-order valence-electron chi connectivity index (χ3n) is 3.55. The maximum atomic E-state index is 12.2. The van der Waals surface area contributed by atoms with Crippen LogP contribution in [0.3, 0.4) is 0 Å². The van der Waals surface area contributed by atoms with Crippen molar-refractivity contribution in [3.05, 3.63) is 53.9 Å². The normalized spacial score (nSPS) is 13.4. The Bertz CT molecular complexity index is 644. The first kappa shape index (κ1) is 15.8. The molecule has 0 fully saturated rings. The van der Waals surface area contributed by atoms with Gasteiger partial charge in [0, 0.05) is 18.4 Å². The van der Waals surface area contributed by atoms with Gasteiger partial charge in [0.15, 0.2) is 11.5 Å². The molecule has 0 aliphatic rings. The molecule has 0 unspecified atom stereocenters. The zero-order chi connectivity index (χ0) is 16.1. The predicted molar refractivity (Wildman–Crippen MR) is 83.7 cm³/mol. The molecule has 0 aliphatic carbocycles. The molecule has 2 atom stereocenters. The van der Waals surface area contributed by atoms with E-state index in [1.54, 1.807) is 18.5 Å². The summed E-state index contributed by atoms with van der Waals surface area (Å²) in [6.07, 6.45) is 3.93. The van der Waals surface area contributed by atoms with E-state index in [4.69, 9.17) is 0 Å². The average molecular weight is 300 g/mol. The number of nitrogens with one attached hydrogen (secondary N) is 1. The fourth-order valence-electron chi connectivity index (χ4n) is 2.25. The number of carbonyl (C=O) groups excluding carboxylic acids is 1. The number of aromatic hydroxyl groups is 2. The first-order valence-corrected chi connectivity index (χ1v) is 7.18. The molecule has 3 N–H and O–H groups in total. The van der Waals surface area contributed by atoms with Gasteiger partial charge in [0.1, 0.15) is 0 Å². The summed E-state index contributed by atoms with van der Waals surface area (Å²) in [7, 11) is 0. The molecule has 116 valence electrons. The summed E-state index contributed by atoms with van der Waals surface area (Å²) in [6.45, 7) is 3.74. The van der Waals surface area contributed by atoms with Gasteiger partial charge < -0.3 is 15.5 Å². The Morgan fingerprint density at radius 3 is 2.64 bits per heavy atom. The van der Waals surface area contributed by atoms with Crippen molar-refractivity contribution in [2.75, 3.05) is 0 Å². The van der Waals surface area contributed by atoms with E-state index in [1.807, 2.05) is 26.0 Å². The molecule has 0 bridgehead atoms. The Labute approximate surface area is 129 Å². The van der Waals surface area contributed by atoms with Gasteiger partial charge in [-0.25, -0.2) is 0 Å². The number of phenolic OH excluding ortho intramolecular Hbond substituents is 2. The lowest BCUT2D eigenvalue weighted by Crippen LogP contribution is -2.36. The zero-order valence-corrected chi connectivity index (χ0v) is 12.7. The van der Waals surface area contributed by atoms with Crippen molar-refractivity contribution in [2.45, 2.75) is 32.2 Å². The molecule has 0 aliphatic heterocycles. The molecule has 1 aromatic heterocycles. The number of aromatic nitrogens is 1. The fraction of sp³-hybridized carbons (Fsp3) is 0.294. The van der Waals surface area contributed by atoms with Crippen LogP contribution in [0.25, 0.3) is 0 Å². The van der Waals surface area contributed by atoms with E-state index in [1.165, 1.54) is 12.1 Å². The van der Waals surface area contributed by atoms with Crippen molar-refractivity contribution < 1.29 is 15.0 Å². The van der Waals surface area contributed by atoms with Gasteiger partial charge in [-0.3, -0.25) is 9.78 Å². The Morgan fingerprint density at radius 1 is 1.23 bits per heavy atom. The highest BCUT2D eigenvalue weighted by Gasteiger charge is 2.17. The zero-order valence-electron chi connectivity index (χ0n) is 12.7. The fourth-order valence-corrected chi connectivity index (χ4v) is 2.25. The number of pyridine rings is 1. The van der Waals surface area contributed by atoms with Gasteiger partial charge in [0.05, 0.1) is 5.92 Å². The van der Waals surface area contributed by atoms with E-state index in [0.29, 0.717) is 6.42 Å². The lowest BCUT2D eigenvalue weighted by atomic mass is 10.0. The Morgan fingerprint density at radius 2 is 2.00 bits per heavy atom. The molecule has 1 amide bonds. The van der Waals surface area contributed by atoms with Gasteiger partial charge >= 0.3 is 0 Å². The number of carbonyl (C=O) groups is 1. The van der Waals surface area contributed by atoms with E-state index in [0.717, 1.165) is 11.1 Å². The minimum Gasteiger partial charge on any atom is -0.504 e. The minimum absolute atomic E-state index is 0.0662. The SMILES string of the molecule is C[C@H](Cc1ccc(O)c(O)c1)NC(=O)[C@@H](C)c1cccnc1. The van der Waals surface area contributed by atoms with Gasteiger partial charge in [-0.15, -0.1) is 0 Å². The third-order valence-corrected chi connectivity index (χ3v) is 3.55. The molecule has 1 aromatic carbocycles. The van der Waals surface area contributed by atoms with Gasteiger partial charge in [-0.2, -0.15) is 0 Å². The van der Waals surface area contributed by atoms with Gasteiger partial charge in [-0.05, 0) is 49.6 Å². The smallest absolute Gasteiger partial charge is 0.227 e. The largest absolute Gasteiger partial charge is 0.504 e. The molecule has 1 heterocycles. The van der Waals surface area contributed by atoms with E-state index < -0.39 is 0 Å². The summed E-state index contributed by atoms with van der Waals surface area (Å²) < 4.78 is 0. The second-order valence-corrected chi connectivity index (χ2v) is 5.44. The molecule has 2 rings (SSSR count). The Kier molecular flexibility index (Phi) is 4.99. The Balaban J connectivity index is 1.95. The number of hydrogen-bond donors (Lipinski definition) is 3. The van der Waals surface area contributed by atoms with Crippen molar-refractivity contribution in [3.63, 3.8) is 0 Å². The first-order valence-electron chi connectivity index (χ1n) is 7.18. The van der Waals surface area contributed by atoms with Crippen molar-refractivity contribution >= 4 is 5.91 Å². The number of nitrogens with zero attached hydrogens (tertiary/aromatic N) is 1. The van der Waals surface area contributed by atoms with Crippen LogP contribution in [-0.4, -0.2) is 27.1 Å². The molecule has 22 heavy (non-hydrogen) atoms. The van der Waals surface area contributed by atoms with Crippen LogP contribution in [0.5, 0.6) is 11.5 Å². The molecule has 5 heteroatoms. The van der Waals surface area contributed by atoms with Crippen LogP contribution in [0.2, 0.25) is 0 Å². The number of benzene rings is 1. The maximum absolute atomic E-state index is 12.2. The van der Waals surface area contributed by atoms with Crippen LogP contribution >= 0.6 is 0 Å². The van der Waals surface area contributed by atoms with Crippen LogP contribution in [0, 0.1) is 0 Å². The number of amides is 1. The summed E-state index contributed by atoms with van der Waals surface area (Å²) in [6, 6.07) is 8.26. The number of hydrogen-bond acceptors (Lipinski definition) is 4. The maximum Gasteiger partial charge on any atom is 0.227 e. The third kappa shape index (κ3) is 3.97. The highest BCUT2D eigenvalue weighted by molar-refractivity contribution is 5.83. The molecule has 0 spiro atoms. The highest BCUT2D eigenvalue weighted by atomic mass is 16.3. The summed E-state index contributed by atoms with van der Waals surface area (Å²) >= 11 is 0. The second kappa shape index (κ2) is 6.93. The number of phenols is 2. The van der Waals surface area contributed by atoms with Gasteiger partial charge in [-0.1, -0.05) is 12.1 Å². The molecule has 2 aromatic rings. The molecular formula is C17H20N2O3. The molecule has 0 saturated heterocycles. The van der Waals surface area contributed by atoms with Crippen LogP contribution in [0.15, 0.2) is 42.7 Å². The monoisotopic (exact) mass is 300 g/mol. The van der Waals surface area contributed by atoms with Crippen molar-refractivity contribution in [2.24, 2.45) is 0 Å². The summed E-state index contributed by atoms with van der Waals surface area (Å²) in [4.78, 5) is 16.3. The van der Waals surface area contributed by atoms with Crippen molar-refractivity contribution in [1.82, 2.24) is 10.3 Å². The first-order chi connectivity index (χ1) is 10.5. The van der Waals surface area contributed by atoms with Crippen molar-refractivity contribution in [3.8, 4) is 11.5 Å². The van der Waals surface area contributed by atoms with E-state index in [-0.39, 0.29) is 29.4 Å². The van der Waals surface area contributed by atoms with E-state index in [2.05, 4.69) is 10.3 Å². The standard InChI is InChI=1S/C17H20N2O3/c1-11(8-13-5-6-15(20)16(21)9-13)19-17(22)12(2)14-4-3-7-18-10-14/h3-7,9-12,20-21H,8H2,1-2H3,(H,19,22)/t11-,12+/m1/s1. The molecule has 0 saturated carbocycles. The molecule has 0 radical (unpaired) electrons. The average Bonchev–Trinajstić information content (AvgIpc) is 2.51. The van der Waals surface area contributed by atoms with Crippen molar-refractivity contribution in [1.29, 1.82) is 0 Å². The quantitative estimate of drug-likeness (QED) is 0.740. The minimum atomic E-state index is -0.274. The van der Waals surface area contributed by atoms with Crippen LogP contribution in [-0.2, 0) is 11.2 Å². The van der Waals surface area contributed by atoms with Gasteiger partial charge in [0.25, 0.3) is 0 Å². The van der Waals surface area contributed by atoms with Crippen LogP contribution in [0.4, 0.5) is 0 Å². The topological polar surface area (TPSA) is 82.5 Å². The predicted octanol–water partition coefficient (Wildman–Crippen LogP) is 2.34. The lowest BCUT2D eigenvalue weighted by molar-refractivity contribution is -0.122. The summed E-state index contributed by atoms with van der Waals surface area (Å²) in [5.41, 5.74) is 1.71. The van der Waals surface area contributed by atoms with E-state index in [9.17, 15) is 15.0 Å². The lowest BCUT2D eigenvalue weighted by Gasteiger charge is -2.18. The summed E-state index contributed by atoms with van der Waals surface area (Å²) in [5.74, 6) is -0.640. The van der Waals surface area contributed by atoms with Gasteiger partial charge in [0.2, 0.25) is 5.91 Å². The van der Waals surface area contributed by atoms with E-state index >= 15 is 0 Å². The Hall–Kier alpha value is -2.56. The molecule has 5 nitrogen and oxygen atoms in total. The van der Waals surface area contributed by atoms with Crippen LogP contribution in [0.1, 0.15) is 30.9 Å².